The predicted octanol–water partition coefficient (Wildman–Crippen LogP) is 3.58. The van der Waals surface area contributed by atoms with E-state index in [9.17, 15) is 29.7 Å². The number of fused-ring (bicyclic) bond motifs is 3. The standard InChI is InChI=1S/C32H41NO7/c1-15(2)28(37)33-22-10-8-9-16(3)23(22)29(38)40-27-17(4)13-31-18(5)11-21-24(30(21,6)7)20(26(31)36)12-19(14-34)25(35)32(27,31)39/h8-10,12-13,15,18,20-21,24-25,27,34-35,39H,11,14H2,1-7H3,(H,33,37)/t18-,20+,21-,24-,25-,27+,31+,32+/m1/s1. The lowest BCUT2D eigenvalue weighted by Gasteiger charge is -2.48. The predicted molar refractivity (Wildman–Crippen MR) is 149 cm³/mol. The smallest absolute Gasteiger partial charge is 0.341 e. The number of ketones is 1. The number of carbonyl (C=O) groups is 3. The number of carbonyl (C=O) groups excluding carboxylic acids is 3. The zero-order valence-electron chi connectivity index (χ0n) is 24.3. The van der Waals surface area contributed by atoms with E-state index < -0.39 is 41.7 Å². The van der Waals surface area contributed by atoms with Crippen molar-refractivity contribution in [2.24, 2.45) is 40.4 Å². The Morgan fingerprint density at radius 2 is 1.88 bits per heavy atom. The maximum atomic E-state index is 14.5. The highest BCUT2D eigenvalue weighted by Crippen LogP contribution is 2.71. The van der Waals surface area contributed by atoms with Crippen molar-refractivity contribution in [1.82, 2.24) is 0 Å². The third-order valence-corrected chi connectivity index (χ3v) is 10.4. The molecule has 2 fully saturated rings. The van der Waals surface area contributed by atoms with Crippen LogP contribution >= 0.6 is 0 Å². The molecule has 8 atom stereocenters. The number of esters is 1. The van der Waals surface area contributed by atoms with E-state index in [1.807, 2.05) is 6.92 Å². The molecule has 1 aromatic carbocycles. The van der Waals surface area contributed by atoms with E-state index in [0.717, 1.165) is 0 Å². The van der Waals surface area contributed by atoms with Crippen molar-refractivity contribution in [1.29, 1.82) is 0 Å². The Morgan fingerprint density at radius 1 is 1.20 bits per heavy atom. The Bertz CT molecular complexity index is 1340. The summed E-state index contributed by atoms with van der Waals surface area (Å²) in [7, 11) is 0. The SMILES string of the molecule is CC1=C[C@]23C(=O)[C@@H](C=C(CO)[C@@H](O)[C@]2(O)[C@H]1OC(=O)c1c(C)cccc1NC(=O)C(C)C)[C@@H]1[C@@H](C[C@H]3C)C1(C)C. The molecule has 8 heteroatoms. The summed E-state index contributed by atoms with van der Waals surface area (Å²) in [5.74, 6) is -2.24. The Labute approximate surface area is 235 Å². The molecule has 216 valence electrons. The van der Waals surface area contributed by atoms with Crippen LogP contribution in [-0.4, -0.2) is 57.4 Å². The van der Waals surface area contributed by atoms with Gasteiger partial charge in [0.05, 0.1) is 23.3 Å². The van der Waals surface area contributed by atoms with Gasteiger partial charge in [0.1, 0.15) is 6.10 Å². The molecule has 2 bridgehead atoms. The first-order chi connectivity index (χ1) is 18.6. The third-order valence-electron chi connectivity index (χ3n) is 10.4. The van der Waals surface area contributed by atoms with Crippen LogP contribution in [0.2, 0.25) is 0 Å². The van der Waals surface area contributed by atoms with Crippen molar-refractivity contribution in [3.8, 4) is 0 Å². The summed E-state index contributed by atoms with van der Waals surface area (Å²) in [4.78, 5) is 40.8. The van der Waals surface area contributed by atoms with Gasteiger partial charge in [0.2, 0.25) is 5.91 Å². The number of nitrogens with one attached hydrogen (secondary N) is 1. The van der Waals surface area contributed by atoms with E-state index in [2.05, 4.69) is 19.2 Å². The summed E-state index contributed by atoms with van der Waals surface area (Å²) >= 11 is 0. The highest BCUT2D eigenvalue weighted by atomic mass is 16.6. The van der Waals surface area contributed by atoms with Crippen LogP contribution < -0.4 is 5.32 Å². The lowest BCUT2D eigenvalue weighted by molar-refractivity contribution is -0.190. The Kier molecular flexibility index (Phi) is 6.72. The fourth-order valence-corrected chi connectivity index (χ4v) is 8.08. The van der Waals surface area contributed by atoms with Gasteiger partial charge in [-0.25, -0.2) is 4.79 Å². The van der Waals surface area contributed by atoms with Gasteiger partial charge in [0, 0.05) is 11.8 Å². The fraction of sp³-hybridized carbons (Fsp3) is 0.594. The summed E-state index contributed by atoms with van der Waals surface area (Å²) < 4.78 is 6.04. The summed E-state index contributed by atoms with van der Waals surface area (Å²) in [5, 5.41) is 37.4. The van der Waals surface area contributed by atoms with Gasteiger partial charge in [0.15, 0.2) is 17.5 Å². The van der Waals surface area contributed by atoms with Crippen molar-refractivity contribution in [3.63, 3.8) is 0 Å². The van der Waals surface area contributed by atoms with Gasteiger partial charge in [-0.15, -0.1) is 0 Å². The Morgan fingerprint density at radius 3 is 2.50 bits per heavy atom. The number of hydrogen-bond acceptors (Lipinski definition) is 7. The lowest BCUT2D eigenvalue weighted by Crippen LogP contribution is -2.65. The second-order valence-corrected chi connectivity index (χ2v) is 13.3. The largest absolute Gasteiger partial charge is 0.451 e. The zero-order chi connectivity index (χ0) is 29.5. The molecule has 40 heavy (non-hydrogen) atoms. The molecule has 1 spiro atoms. The molecule has 0 saturated heterocycles. The molecular formula is C32H41NO7. The van der Waals surface area contributed by atoms with Gasteiger partial charge in [-0.05, 0) is 66.2 Å². The van der Waals surface area contributed by atoms with Gasteiger partial charge >= 0.3 is 5.97 Å². The van der Waals surface area contributed by atoms with E-state index in [-0.39, 0.29) is 57.6 Å². The number of amides is 1. The minimum absolute atomic E-state index is 0.0346. The van der Waals surface area contributed by atoms with E-state index in [4.69, 9.17) is 4.74 Å². The van der Waals surface area contributed by atoms with E-state index in [0.29, 0.717) is 17.6 Å². The first-order valence-electron chi connectivity index (χ1n) is 14.2. The number of ether oxygens (including phenoxy) is 1. The van der Waals surface area contributed by atoms with Crippen LogP contribution in [0, 0.1) is 47.3 Å². The Hall–Kier alpha value is -2.81. The quantitative estimate of drug-likeness (QED) is 0.325. The molecule has 2 saturated carbocycles. The molecule has 4 N–H and O–H groups in total. The highest BCUT2D eigenvalue weighted by molar-refractivity contribution is 6.03. The van der Waals surface area contributed by atoms with Crippen LogP contribution in [0.3, 0.4) is 0 Å². The number of hydrogen-bond donors (Lipinski definition) is 4. The number of aryl methyl sites for hydroxylation is 1. The van der Waals surface area contributed by atoms with E-state index in [1.165, 1.54) is 0 Å². The summed E-state index contributed by atoms with van der Waals surface area (Å²) in [6, 6.07) is 5.05. The molecule has 5 rings (SSSR count). The van der Waals surface area contributed by atoms with Crippen molar-refractivity contribution < 1.29 is 34.4 Å². The van der Waals surface area contributed by atoms with Gasteiger partial charge in [-0.2, -0.15) is 0 Å². The number of aliphatic hydroxyl groups is 3. The van der Waals surface area contributed by atoms with Crippen molar-refractivity contribution in [2.45, 2.75) is 72.7 Å². The van der Waals surface area contributed by atoms with Crippen molar-refractivity contribution >= 4 is 23.3 Å². The van der Waals surface area contributed by atoms with Crippen LogP contribution in [0.1, 0.15) is 63.9 Å². The molecule has 0 heterocycles. The average molecular weight is 552 g/mol. The first kappa shape index (κ1) is 28.7. The number of Topliss-reactive ketones (excluding diaryl/α,β-unsaturated/α-hetero) is 1. The Balaban J connectivity index is 1.59. The van der Waals surface area contributed by atoms with E-state index in [1.54, 1.807) is 58.0 Å². The topological polar surface area (TPSA) is 133 Å². The van der Waals surface area contributed by atoms with Crippen molar-refractivity contribution in [2.75, 3.05) is 11.9 Å². The highest BCUT2D eigenvalue weighted by Gasteiger charge is 2.76. The van der Waals surface area contributed by atoms with Gasteiger partial charge in [-0.3, -0.25) is 9.59 Å². The molecule has 1 amide bonds. The maximum absolute atomic E-state index is 14.5. The molecule has 1 aromatic rings. The number of benzene rings is 1. The van der Waals surface area contributed by atoms with E-state index >= 15 is 0 Å². The molecule has 0 aliphatic heterocycles. The summed E-state index contributed by atoms with van der Waals surface area (Å²) in [5.41, 5.74) is -2.22. The first-order valence-corrected chi connectivity index (χ1v) is 14.2. The number of aliphatic hydroxyl groups excluding tert-OH is 2. The molecular weight excluding hydrogens is 510 g/mol. The van der Waals surface area contributed by atoms with Crippen molar-refractivity contribution in [3.05, 3.63) is 52.6 Å². The van der Waals surface area contributed by atoms with Gasteiger partial charge < -0.3 is 25.4 Å². The monoisotopic (exact) mass is 551 g/mol. The van der Waals surface area contributed by atoms with Crippen LogP contribution in [0.15, 0.2) is 41.5 Å². The fourth-order valence-electron chi connectivity index (χ4n) is 8.08. The van der Waals surface area contributed by atoms with Crippen LogP contribution in [-0.2, 0) is 14.3 Å². The second-order valence-electron chi connectivity index (χ2n) is 13.3. The molecule has 8 nitrogen and oxygen atoms in total. The molecule has 4 aliphatic carbocycles. The lowest BCUT2D eigenvalue weighted by atomic mass is 9.59. The maximum Gasteiger partial charge on any atom is 0.341 e. The van der Waals surface area contributed by atoms with Gasteiger partial charge in [-0.1, -0.05) is 58.9 Å². The number of anilines is 1. The number of allylic oxidation sites excluding steroid dienone is 1. The molecule has 4 aliphatic rings. The average Bonchev–Trinajstić information content (AvgIpc) is 3.37. The van der Waals surface area contributed by atoms with Crippen LogP contribution in [0.4, 0.5) is 5.69 Å². The zero-order valence-corrected chi connectivity index (χ0v) is 24.3. The molecule has 0 radical (unpaired) electrons. The molecule has 0 unspecified atom stereocenters. The second kappa shape index (κ2) is 9.36. The van der Waals surface area contributed by atoms with Crippen LogP contribution in [0.5, 0.6) is 0 Å². The van der Waals surface area contributed by atoms with Crippen LogP contribution in [0.25, 0.3) is 0 Å². The minimum Gasteiger partial charge on any atom is -0.451 e. The van der Waals surface area contributed by atoms with Gasteiger partial charge in [0.25, 0.3) is 0 Å². The molecule has 0 aromatic heterocycles. The number of rotatable bonds is 5. The summed E-state index contributed by atoms with van der Waals surface area (Å²) in [6.07, 6.45) is 1.03. The third kappa shape index (κ3) is 3.72. The minimum atomic E-state index is -2.22. The normalized spacial score (nSPS) is 37.4. The summed E-state index contributed by atoms with van der Waals surface area (Å²) in [6.45, 7) is 12.6.